The fourth-order valence-electron chi connectivity index (χ4n) is 3.29. The first-order valence-corrected chi connectivity index (χ1v) is 8.54. The van der Waals surface area contributed by atoms with Crippen LogP contribution in [0.15, 0.2) is 92.5 Å². The van der Waals surface area contributed by atoms with Gasteiger partial charge in [0.15, 0.2) is 5.43 Å². The molecular formula is C23H14O4. The minimum Gasteiger partial charge on any atom is -0.508 e. The number of benzene rings is 3. The smallest absolute Gasteiger partial charge is 0.186 e. The van der Waals surface area contributed by atoms with Crippen molar-refractivity contribution in [1.29, 1.82) is 0 Å². The summed E-state index contributed by atoms with van der Waals surface area (Å²) >= 11 is 0. The van der Waals surface area contributed by atoms with E-state index < -0.39 is 0 Å². The summed E-state index contributed by atoms with van der Waals surface area (Å²) in [5.41, 5.74) is 2.53. The second-order valence-corrected chi connectivity index (χ2v) is 6.38. The van der Waals surface area contributed by atoms with E-state index in [9.17, 15) is 9.90 Å². The molecule has 0 amide bonds. The van der Waals surface area contributed by atoms with Gasteiger partial charge in [-0.25, -0.2) is 0 Å². The SMILES string of the molecule is O=c1cc2oc(-c3ccccc3)cc3cc(-c4ccc(O)cc4)oc(c1)c32. The first kappa shape index (κ1) is 15.5. The fourth-order valence-corrected chi connectivity index (χ4v) is 3.29. The zero-order valence-electron chi connectivity index (χ0n) is 14.2. The van der Waals surface area contributed by atoms with E-state index in [1.54, 1.807) is 24.3 Å². The lowest BCUT2D eigenvalue weighted by Gasteiger charge is -2.10. The van der Waals surface area contributed by atoms with Crippen LogP contribution in [-0.4, -0.2) is 5.11 Å². The molecule has 5 aromatic rings. The summed E-state index contributed by atoms with van der Waals surface area (Å²) < 4.78 is 12.0. The Labute approximate surface area is 153 Å². The highest BCUT2D eigenvalue weighted by Crippen LogP contribution is 2.35. The van der Waals surface area contributed by atoms with E-state index in [0.717, 1.165) is 21.9 Å². The average Bonchev–Trinajstić information content (AvgIpc) is 2.68. The highest BCUT2D eigenvalue weighted by atomic mass is 16.3. The molecule has 130 valence electrons. The van der Waals surface area contributed by atoms with Crippen molar-refractivity contribution < 1.29 is 13.9 Å². The van der Waals surface area contributed by atoms with E-state index >= 15 is 0 Å². The zero-order chi connectivity index (χ0) is 18.4. The van der Waals surface area contributed by atoms with Gasteiger partial charge in [-0.05, 0) is 41.8 Å². The van der Waals surface area contributed by atoms with E-state index in [-0.39, 0.29) is 11.2 Å². The molecule has 0 bridgehead atoms. The van der Waals surface area contributed by atoms with Gasteiger partial charge < -0.3 is 13.9 Å². The van der Waals surface area contributed by atoms with Crippen LogP contribution in [-0.2, 0) is 0 Å². The highest BCUT2D eigenvalue weighted by molar-refractivity contribution is 6.07. The van der Waals surface area contributed by atoms with Crippen molar-refractivity contribution in [3.63, 3.8) is 0 Å². The maximum Gasteiger partial charge on any atom is 0.186 e. The van der Waals surface area contributed by atoms with Crippen LogP contribution in [0, 0.1) is 0 Å². The zero-order valence-corrected chi connectivity index (χ0v) is 14.2. The van der Waals surface area contributed by atoms with E-state index in [2.05, 4.69) is 0 Å². The summed E-state index contributed by atoms with van der Waals surface area (Å²) in [4.78, 5) is 12.1. The Bertz CT molecular complexity index is 1330. The third-order valence-corrected chi connectivity index (χ3v) is 4.55. The van der Waals surface area contributed by atoms with Gasteiger partial charge in [-0.1, -0.05) is 30.3 Å². The van der Waals surface area contributed by atoms with Gasteiger partial charge in [-0.3, -0.25) is 4.79 Å². The normalized spacial score (nSPS) is 11.3. The van der Waals surface area contributed by atoms with Crippen molar-refractivity contribution in [3.8, 4) is 28.4 Å². The first-order chi connectivity index (χ1) is 13.2. The minimum atomic E-state index is -0.177. The van der Waals surface area contributed by atoms with E-state index in [4.69, 9.17) is 8.83 Å². The summed E-state index contributed by atoms with van der Waals surface area (Å²) in [6.45, 7) is 0. The highest BCUT2D eigenvalue weighted by Gasteiger charge is 2.14. The summed E-state index contributed by atoms with van der Waals surface area (Å²) in [5.74, 6) is 1.47. The molecule has 0 atom stereocenters. The Morgan fingerprint density at radius 2 is 1.22 bits per heavy atom. The van der Waals surface area contributed by atoms with Gasteiger partial charge in [-0.15, -0.1) is 0 Å². The number of hydrogen-bond donors (Lipinski definition) is 1. The summed E-state index contributed by atoms with van der Waals surface area (Å²) in [6, 6.07) is 23.3. The standard InChI is InChI=1S/C23H14O4/c24-17-8-6-15(7-9-17)20-11-16-10-19(14-4-2-1-3-5-14)26-21-12-18(25)13-22(27-20)23(16)21/h1-13,24H. The topological polar surface area (TPSA) is 63.6 Å². The van der Waals surface area contributed by atoms with Crippen molar-refractivity contribution >= 4 is 21.9 Å². The molecule has 0 aliphatic heterocycles. The van der Waals surface area contributed by atoms with Crippen LogP contribution >= 0.6 is 0 Å². The Hall–Kier alpha value is -3.79. The molecule has 0 aliphatic carbocycles. The van der Waals surface area contributed by atoms with Gasteiger partial charge in [0.05, 0.1) is 5.39 Å². The van der Waals surface area contributed by atoms with Crippen LogP contribution < -0.4 is 5.43 Å². The monoisotopic (exact) mass is 354 g/mol. The van der Waals surface area contributed by atoms with Gasteiger partial charge in [0.25, 0.3) is 0 Å². The Morgan fingerprint density at radius 1 is 0.667 bits per heavy atom. The molecule has 0 spiro atoms. The summed E-state index contributed by atoms with van der Waals surface area (Å²) in [5, 5.41) is 11.2. The predicted molar refractivity (Wildman–Crippen MR) is 105 cm³/mol. The lowest BCUT2D eigenvalue weighted by atomic mass is 10.0. The number of aromatic hydroxyl groups is 1. The molecule has 2 heterocycles. The molecule has 0 saturated heterocycles. The third kappa shape index (κ3) is 2.68. The molecule has 5 rings (SSSR count). The van der Waals surface area contributed by atoms with Gasteiger partial charge in [0, 0.05) is 23.3 Å². The van der Waals surface area contributed by atoms with Crippen molar-refractivity contribution in [1.82, 2.24) is 0 Å². The maximum atomic E-state index is 12.1. The molecule has 4 heteroatoms. The lowest BCUT2D eigenvalue weighted by molar-refractivity contribution is 0.475. The van der Waals surface area contributed by atoms with Gasteiger partial charge >= 0.3 is 0 Å². The molecule has 0 unspecified atom stereocenters. The van der Waals surface area contributed by atoms with Gasteiger partial charge in [0.2, 0.25) is 0 Å². The van der Waals surface area contributed by atoms with E-state index in [1.165, 1.54) is 12.1 Å². The number of rotatable bonds is 2. The molecule has 27 heavy (non-hydrogen) atoms. The van der Waals surface area contributed by atoms with Crippen LogP contribution in [0.3, 0.4) is 0 Å². The molecule has 2 aromatic heterocycles. The van der Waals surface area contributed by atoms with Gasteiger partial charge in [-0.2, -0.15) is 0 Å². The van der Waals surface area contributed by atoms with Gasteiger partial charge in [0.1, 0.15) is 28.4 Å². The van der Waals surface area contributed by atoms with Crippen LogP contribution in [0.1, 0.15) is 0 Å². The van der Waals surface area contributed by atoms with Crippen molar-refractivity contribution in [2.45, 2.75) is 0 Å². The summed E-state index contributed by atoms with van der Waals surface area (Å²) in [6.07, 6.45) is 0. The van der Waals surface area contributed by atoms with Crippen LogP contribution in [0.4, 0.5) is 0 Å². The Balaban J connectivity index is 1.84. The maximum absolute atomic E-state index is 12.1. The molecule has 0 radical (unpaired) electrons. The number of hydrogen-bond acceptors (Lipinski definition) is 4. The molecule has 1 N–H and O–H groups in total. The van der Waals surface area contributed by atoms with E-state index in [0.29, 0.717) is 22.7 Å². The van der Waals surface area contributed by atoms with Crippen molar-refractivity contribution in [2.75, 3.05) is 0 Å². The fraction of sp³-hybridized carbons (Fsp3) is 0. The Morgan fingerprint density at radius 3 is 1.81 bits per heavy atom. The minimum absolute atomic E-state index is 0.177. The number of phenolic OH excluding ortho intramolecular Hbond substituents is 1. The number of phenols is 1. The van der Waals surface area contributed by atoms with Crippen LogP contribution in [0.2, 0.25) is 0 Å². The Kier molecular flexibility index (Phi) is 3.37. The van der Waals surface area contributed by atoms with Crippen molar-refractivity contribution in [2.24, 2.45) is 0 Å². The molecule has 0 aliphatic rings. The van der Waals surface area contributed by atoms with Crippen LogP contribution in [0.25, 0.3) is 44.6 Å². The molecule has 4 nitrogen and oxygen atoms in total. The molecular weight excluding hydrogens is 340 g/mol. The van der Waals surface area contributed by atoms with E-state index in [1.807, 2.05) is 42.5 Å². The average molecular weight is 354 g/mol. The molecule has 0 saturated carbocycles. The first-order valence-electron chi connectivity index (χ1n) is 8.54. The van der Waals surface area contributed by atoms with Crippen LogP contribution in [0.5, 0.6) is 5.75 Å². The summed E-state index contributed by atoms with van der Waals surface area (Å²) in [7, 11) is 0. The second kappa shape index (κ2) is 5.88. The molecule has 3 aromatic carbocycles. The quantitative estimate of drug-likeness (QED) is 0.449. The third-order valence-electron chi connectivity index (χ3n) is 4.55. The second-order valence-electron chi connectivity index (χ2n) is 6.38. The lowest BCUT2D eigenvalue weighted by Crippen LogP contribution is -1.97. The largest absolute Gasteiger partial charge is 0.508 e. The molecule has 0 fully saturated rings. The van der Waals surface area contributed by atoms with Crippen molar-refractivity contribution in [3.05, 3.63) is 89.1 Å². The predicted octanol–water partition coefficient (Wildman–Crippen LogP) is 5.58.